The van der Waals surface area contributed by atoms with Crippen LogP contribution >= 0.6 is 15.9 Å². The molecule has 0 bridgehead atoms. The first kappa shape index (κ1) is 15.4. The first-order chi connectivity index (χ1) is 9.10. The van der Waals surface area contributed by atoms with Gasteiger partial charge in [-0.2, -0.15) is 0 Å². The fraction of sp³-hybridized carbons (Fsp3) is 0.364. The molecule has 2 heterocycles. The highest BCUT2D eigenvalue weighted by Gasteiger charge is 2.26. The largest absolute Gasteiger partial charge is 0.368 e. The van der Waals surface area contributed by atoms with Crippen LogP contribution in [0.25, 0.3) is 0 Å². The number of hydrogen-bond acceptors (Lipinski definition) is 4. The van der Waals surface area contributed by atoms with Crippen molar-refractivity contribution < 1.29 is 19.1 Å². The second-order valence-electron chi connectivity index (χ2n) is 3.40. The number of pyridine rings is 1. The summed E-state index contributed by atoms with van der Waals surface area (Å²) in [6.45, 7) is 3.72. The number of halogens is 2. The van der Waals surface area contributed by atoms with Crippen molar-refractivity contribution in [1.29, 1.82) is 0 Å². The van der Waals surface area contributed by atoms with Gasteiger partial charge >= 0.3 is 12.0 Å². The van der Waals surface area contributed by atoms with E-state index in [2.05, 4.69) is 31.2 Å². The number of aromatic nitrogens is 1. The number of carbonyl (C=O) groups excluding carboxylic acids is 2. The van der Waals surface area contributed by atoms with Crippen LogP contribution in [0.1, 0.15) is 19.4 Å². The van der Waals surface area contributed by atoms with E-state index in [0.29, 0.717) is 5.82 Å². The van der Waals surface area contributed by atoms with Gasteiger partial charge in [0.15, 0.2) is 0 Å². The van der Waals surface area contributed by atoms with Gasteiger partial charge in [0.2, 0.25) is 0 Å². The fourth-order valence-electron chi connectivity index (χ4n) is 1.48. The molecule has 19 heavy (non-hydrogen) atoms. The van der Waals surface area contributed by atoms with Crippen molar-refractivity contribution in [3.8, 4) is 0 Å². The molecule has 1 aliphatic heterocycles. The summed E-state index contributed by atoms with van der Waals surface area (Å²) < 4.78 is 12.4. The molecule has 104 valence electrons. The second-order valence-corrected chi connectivity index (χ2v) is 4.31. The lowest BCUT2D eigenvalue weighted by atomic mass is 10.2. The van der Waals surface area contributed by atoms with Crippen LogP contribution in [0.4, 0.5) is 15.1 Å². The topological polar surface area (TPSA) is 71.5 Å². The van der Waals surface area contributed by atoms with Gasteiger partial charge in [0, 0.05) is 20.8 Å². The molecule has 0 spiro atoms. The Morgan fingerprint density at radius 2 is 2.32 bits per heavy atom. The van der Waals surface area contributed by atoms with E-state index >= 15 is 0 Å². The number of rotatable bonds is 2. The van der Waals surface area contributed by atoms with Crippen LogP contribution in [0.15, 0.2) is 16.7 Å². The van der Waals surface area contributed by atoms with Crippen LogP contribution in [-0.2, 0) is 16.3 Å². The summed E-state index contributed by atoms with van der Waals surface area (Å²) in [6.07, 6.45) is 1.55. The Balaban J connectivity index is 0.000000861. The lowest BCUT2D eigenvalue weighted by Gasteiger charge is -2.27. The number of carbonyl (C=O) groups is 2. The zero-order valence-electron chi connectivity index (χ0n) is 10.4. The van der Waals surface area contributed by atoms with Crippen LogP contribution in [0.2, 0.25) is 0 Å². The molecule has 0 radical (unpaired) electrons. The number of nitrogens with one attached hydrogen (secondary N) is 1. The second kappa shape index (κ2) is 7.03. The van der Waals surface area contributed by atoms with Crippen LogP contribution in [0.3, 0.4) is 0 Å². The van der Waals surface area contributed by atoms with Gasteiger partial charge in [-0.05, 0) is 22.0 Å². The summed E-state index contributed by atoms with van der Waals surface area (Å²) in [7, 11) is 0. The lowest BCUT2D eigenvalue weighted by molar-refractivity contribution is -0.184. The highest BCUT2D eigenvalue weighted by atomic mass is 79.9. The highest BCUT2D eigenvalue weighted by Crippen LogP contribution is 2.23. The van der Waals surface area contributed by atoms with Crippen LogP contribution in [0, 0.1) is 0 Å². The third-order valence-electron chi connectivity index (χ3n) is 2.21. The van der Waals surface area contributed by atoms with E-state index in [1.807, 2.05) is 13.8 Å². The normalized spacial score (nSPS) is 12.8. The summed E-state index contributed by atoms with van der Waals surface area (Å²) >= 11 is 3.24. The molecule has 1 N–H and O–H groups in total. The van der Waals surface area contributed by atoms with E-state index < -0.39 is 18.5 Å². The monoisotopic (exact) mass is 333 g/mol. The van der Waals surface area contributed by atoms with E-state index in [1.54, 1.807) is 12.3 Å². The standard InChI is InChI=1S/C9H7BrFN3O3.C2H6/c10-6-1-5-3-14(4-7(15)17-11)9(16)13-8(5)12-2-6;1-2/h1-2H,3-4H2,(H,12,13,16);1-2H3. The molecule has 0 saturated heterocycles. The first-order valence-electron chi connectivity index (χ1n) is 5.62. The Labute approximate surface area is 118 Å². The predicted octanol–water partition coefficient (Wildman–Crippen LogP) is 2.65. The Morgan fingerprint density at radius 1 is 1.63 bits per heavy atom. The van der Waals surface area contributed by atoms with Crippen molar-refractivity contribution in [3.63, 3.8) is 0 Å². The Morgan fingerprint density at radius 3 is 2.95 bits per heavy atom. The van der Waals surface area contributed by atoms with Crippen molar-refractivity contribution in [3.05, 3.63) is 22.3 Å². The molecule has 2 rings (SSSR count). The SMILES string of the molecule is CC.O=C(CN1Cc2cc(Br)cnc2NC1=O)OF. The average Bonchev–Trinajstić information content (AvgIpc) is 2.42. The maximum absolute atomic E-state index is 11.6. The van der Waals surface area contributed by atoms with E-state index in [-0.39, 0.29) is 6.54 Å². The molecule has 0 unspecified atom stereocenters. The summed E-state index contributed by atoms with van der Waals surface area (Å²) in [5, 5.41) is 2.49. The minimum absolute atomic E-state index is 0.169. The molecular weight excluding hydrogens is 321 g/mol. The molecular formula is C11H13BrFN3O3. The van der Waals surface area contributed by atoms with Crippen molar-refractivity contribution in [2.45, 2.75) is 20.4 Å². The Hall–Kier alpha value is -1.70. The van der Waals surface area contributed by atoms with E-state index in [1.165, 1.54) is 0 Å². The van der Waals surface area contributed by atoms with Crippen molar-refractivity contribution >= 4 is 33.7 Å². The zero-order chi connectivity index (χ0) is 14.4. The van der Waals surface area contributed by atoms with Gasteiger partial charge in [0.05, 0.1) is 6.54 Å². The molecule has 0 atom stereocenters. The maximum atomic E-state index is 11.6. The summed E-state index contributed by atoms with van der Waals surface area (Å²) in [5.74, 6) is -0.686. The number of fused-ring (bicyclic) bond motifs is 1. The van der Waals surface area contributed by atoms with Gasteiger partial charge in [-0.25, -0.2) is 14.6 Å². The summed E-state index contributed by atoms with van der Waals surface area (Å²) in [6, 6.07) is 1.24. The Kier molecular flexibility index (Phi) is 5.68. The van der Waals surface area contributed by atoms with Gasteiger partial charge in [-0.15, -0.1) is 0 Å². The van der Waals surface area contributed by atoms with Gasteiger partial charge in [0.1, 0.15) is 12.4 Å². The number of amides is 2. The first-order valence-corrected chi connectivity index (χ1v) is 6.41. The van der Waals surface area contributed by atoms with E-state index in [9.17, 15) is 14.1 Å². The van der Waals surface area contributed by atoms with Gasteiger partial charge in [-0.3, -0.25) is 10.3 Å². The average molecular weight is 334 g/mol. The van der Waals surface area contributed by atoms with Crippen molar-refractivity contribution in [2.24, 2.45) is 0 Å². The molecule has 0 saturated carbocycles. The lowest BCUT2D eigenvalue weighted by Crippen LogP contribution is -2.42. The molecule has 0 aromatic carbocycles. The molecule has 1 aromatic heterocycles. The minimum atomic E-state index is -1.12. The minimum Gasteiger partial charge on any atom is -0.309 e. The zero-order valence-corrected chi connectivity index (χ0v) is 12.0. The summed E-state index contributed by atoms with van der Waals surface area (Å²) in [4.78, 5) is 30.4. The molecule has 0 fully saturated rings. The van der Waals surface area contributed by atoms with Crippen molar-refractivity contribution in [1.82, 2.24) is 9.88 Å². The number of hydrogen-bond donors (Lipinski definition) is 1. The molecule has 8 heteroatoms. The van der Waals surface area contributed by atoms with Crippen LogP contribution in [0.5, 0.6) is 0 Å². The number of anilines is 1. The predicted molar refractivity (Wildman–Crippen MR) is 69.9 cm³/mol. The number of urea groups is 1. The maximum Gasteiger partial charge on any atom is 0.368 e. The summed E-state index contributed by atoms with van der Waals surface area (Å²) in [5.41, 5.74) is 0.727. The highest BCUT2D eigenvalue weighted by molar-refractivity contribution is 9.10. The molecule has 2 amide bonds. The molecule has 1 aliphatic rings. The van der Waals surface area contributed by atoms with Gasteiger partial charge in [0.25, 0.3) is 0 Å². The molecule has 6 nitrogen and oxygen atoms in total. The quantitative estimate of drug-likeness (QED) is 0.903. The smallest absolute Gasteiger partial charge is 0.309 e. The number of nitrogens with zero attached hydrogens (tertiary/aromatic N) is 2. The third kappa shape index (κ3) is 3.88. The third-order valence-corrected chi connectivity index (χ3v) is 2.65. The Bertz CT molecular complexity index is 484. The van der Waals surface area contributed by atoms with Crippen LogP contribution < -0.4 is 5.32 Å². The van der Waals surface area contributed by atoms with Gasteiger partial charge in [-0.1, -0.05) is 13.8 Å². The van der Waals surface area contributed by atoms with E-state index in [4.69, 9.17) is 0 Å². The van der Waals surface area contributed by atoms with Gasteiger partial charge < -0.3 is 4.90 Å². The van der Waals surface area contributed by atoms with Crippen molar-refractivity contribution in [2.75, 3.05) is 11.9 Å². The molecule has 1 aromatic rings. The molecule has 0 aliphatic carbocycles. The van der Waals surface area contributed by atoms with E-state index in [0.717, 1.165) is 14.9 Å². The van der Waals surface area contributed by atoms with Crippen LogP contribution in [-0.4, -0.2) is 28.4 Å². The fourth-order valence-corrected chi connectivity index (χ4v) is 1.86.